The number of alkyl halides is 3. The number of hydrogen-bond acceptors (Lipinski definition) is 4. The van der Waals surface area contributed by atoms with Crippen molar-refractivity contribution in [3.05, 3.63) is 40.4 Å². The van der Waals surface area contributed by atoms with E-state index in [1.54, 1.807) is 6.07 Å². The molecule has 1 fully saturated rings. The van der Waals surface area contributed by atoms with Crippen LogP contribution in [-0.2, 0) is 22.9 Å². The summed E-state index contributed by atoms with van der Waals surface area (Å²) in [5, 5.41) is 3.34. The molecule has 0 amide bonds. The number of hydrogen-bond donors (Lipinski definition) is 1. The summed E-state index contributed by atoms with van der Waals surface area (Å²) in [7, 11) is 0. The zero-order valence-electron chi connectivity index (χ0n) is 13.4. The Morgan fingerprint density at radius 1 is 1.20 bits per heavy atom. The fourth-order valence-electron chi connectivity index (χ4n) is 3.48. The standard InChI is InChI=1S/C17H17F3N2OS.ClH/c18-17(19,20)14-3-1-2-12(22-14)13-10-11-4-9-23-16(15(11)24-13)5-7-21-8-6-16;/h1-3,10,21H,4-9H2;1H. The Morgan fingerprint density at radius 3 is 2.68 bits per heavy atom. The van der Waals surface area contributed by atoms with Gasteiger partial charge in [-0.3, -0.25) is 0 Å². The Balaban J connectivity index is 0.00000182. The van der Waals surface area contributed by atoms with Crippen molar-refractivity contribution in [3.63, 3.8) is 0 Å². The molecule has 0 aromatic carbocycles. The van der Waals surface area contributed by atoms with Crippen LogP contribution in [-0.4, -0.2) is 24.7 Å². The monoisotopic (exact) mass is 390 g/mol. The minimum atomic E-state index is -4.42. The van der Waals surface area contributed by atoms with Crippen LogP contribution in [0.3, 0.4) is 0 Å². The van der Waals surface area contributed by atoms with Crippen molar-refractivity contribution in [1.82, 2.24) is 10.3 Å². The van der Waals surface area contributed by atoms with Crippen molar-refractivity contribution in [1.29, 1.82) is 0 Å². The Morgan fingerprint density at radius 2 is 1.96 bits per heavy atom. The normalized spacial score (nSPS) is 19.3. The Hall–Kier alpha value is -1.15. The molecule has 3 nitrogen and oxygen atoms in total. The van der Waals surface area contributed by atoms with Crippen LogP contribution in [0, 0.1) is 0 Å². The largest absolute Gasteiger partial charge is 0.433 e. The van der Waals surface area contributed by atoms with Gasteiger partial charge in [-0.15, -0.1) is 23.7 Å². The van der Waals surface area contributed by atoms with Gasteiger partial charge in [0.05, 0.1) is 17.2 Å². The number of halogens is 4. The molecule has 4 heterocycles. The van der Waals surface area contributed by atoms with Crippen LogP contribution in [0.2, 0.25) is 0 Å². The summed E-state index contributed by atoms with van der Waals surface area (Å²) in [5.74, 6) is 0. The van der Waals surface area contributed by atoms with E-state index in [9.17, 15) is 13.2 Å². The lowest BCUT2D eigenvalue weighted by molar-refractivity contribution is -0.141. The summed E-state index contributed by atoms with van der Waals surface area (Å²) in [6, 6.07) is 6.06. The van der Waals surface area contributed by atoms with Crippen LogP contribution in [0.5, 0.6) is 0 Å². The highest BCUT2D eigenvalue weighted by molar-refractivity contribution is 7.15. The van der Waals surface area contributed by atoms with Gasteiger partial charge in [0, 0.05) is 4.88 Å². The van der Waals surface area contributed by atoms with Crippen LogP contribution in [0.25, 0.3) is 10.6 Å². The van der Waals surface area contributed by atoms with Crippen LogP contribution >= 0.6 is 23.7 Å². The lowest BCUT2D eigenvalue weighted by atomic mass is 9.86. The molecule has 1 saturated heterocycles. The van der Waals surface area contributed by atoms with Gasteiger partial charge in [0.25, 0.3) is 0 Å². The molecule has 1 spiro atoms. The van der Waals surface area contributed by atoms with E-state index in [4.69, 9.17) is 4.74 Å². The maximum absolute atomic E-state index is 12.9. The zero-order chi connectivity index (χ0) is 16.8. The number of ether oxygens (including phenoxy) is 1. The Kier molecular flexibility index (Phi) is 5.12. The second-order valence-corrected chi connectivity index (χ2v) is 7.27. The first-order valence-corrected chi connectivity index (χ1v) is 8.82. The van der Waals surface area contributed by atoms with Crippen LogP contribution in [0.1, 0.15) is 29.0 Å². The van der Waals surface area contributed by atoms with Gasteiger partial charge in [-0.2, -0.15) is 13.2 Å². The van der Waals surface area contributed by atoms with Crippen LogP contribution in [0.15, 0.2) is 24.3 Å². The molecule has 2 aromatic heterocycles. The van der Waals surface area contributed by atoms with E-state index >= 15 is 0 Å². The maximum atomic E-state index is 12.9. The predicted octanol–water partition coefficient (Wildman–Crippen LogP) is 4.40. The van der Waals surface area contributed by atoms with Gasteiger partial charge in [0.15, 0.2) is 0 Å². The lowest BCUT2D eigenvalue weighted by Gasteiger charge is -2.40. The number of fused-ring (bicyclic) bond motifs is 2. The zero-order valence-corrected chi connectivity index (χ0v) is 15.0. The summed E-state index contributed by atoms with van der Waals surface area (Å²) in [6.45, 7) is 2.46. The molecule has 0 saturated carbocycles. The van der Waals surface area contributed by atoms with Gasteiger partial charge >= 0.3 is 6.18 Å². The fourth-order valence-corrected chi connectivity index (χ4v) is 4.86. The summed E-state index contributed by atoms with van der Waals surface area (Å²) in [4.78, 5) is 5.78. The van der Waals surface area contributed by atoms with E-state index in [0.717, 1.165) is 43.3 Å². The summed E-state index contributed by atoms with van der Waals surface area (Å²) in [6.07, 6.45) is -1.82. The second-order valence-electron chi connectivity index (χ2n) is 6.21. The molecule has 0 unspecified atom stereocenters. The number of rotatable bonds is 1. The third-order valence-corrected chi connectivity index (χ3v) is 6.06. The molecule has 4 rings (SSSR count). The van der Waals surface area contributed by atoms with Crippen LogP contribution in [0.4, 0.5) is 13.2 Å². The topological polar surface area (TPSA) is 34.1 Å². The Labute approximate surface area is 154 Å². The number of nitrogens with zero attached hydrogens (tertiary/aromatic N) is 1. The summed E-state index contributed by atoms with van der Waals surface area (Å²) < 4.78 is 44.9. The van der Waals surface area contributed by atoms with Crippen molar-refractivity contribution in [3.8, 4) is 10.6 Å². The van der Waals surface area contributed by atoms with Gasteiger partial charge in [-0.1, -0.05) is 6.07 Å². The van der Waals surface area contributed by atoms with Gasteiger partial charge < -0.3 is 10.1 Å². The first-order valence-electron chi connectivity index (χ1n) is 8.00. The lowest BCUT2D eigenvalue weighted by Crippen LogP contribution is -2.43. The van der Waals surface area contributed by atoms with Crippen molar-refractivity contribution in [2.45, 2.75) is 31.0 Å². The fraction of sp³-hybridized carbons (Fsp3) is 0.471. The molecule has 2 aliphatic heterocycles. The molecule has 2 aromatic rings. The highest BCUT2D eigenvalue weighted by Gasteiger charge is 2.41. The Bertz CT molecular complexity index is 757. The maximum Gasteiger partial charge on any atom is 0.433 e. The molecular formula is C17H18ClF3N2OS. The smallest absolute Gasteiger partial charge is 0.369 e. The van der Waals surface area contributed by atoms with Crippen molar-refractivity contribution >= 4 is 23.7 Å². The highest BCUT2D eigenvalue weighted by Crippen LogP contribution is 2.46. The molecule has 0 bridgehead atoms. The molecule has 0 aliphatic carbocycles. The minimum Gasteiger partial charge on any atom is -0.369 e. The summed E-state index contributed by atoms with van der Waals surface area (Å²) in [5.41, 5.74) is 0.457. The number of pyridine rings is 1. The first kappa shape index (κ1) is 18.6. The molecule has 136 valence electrons. The third kappa shape index (κ3) is 3.43. The van der Waals surface area contributed by atoms with E-state index in [1.807, 2.05) is 6.07 Å². The van der Waals surface area contributed by atoms with E-state index in [2.05, 4.69) is 10.3 Å². The van der Waals surface area contributed by atoms with Crippen molar-refractivity contribution < 1.29 is 17.9 Å². The molecule has 0 radical (unpaired) electrons. The average molecular weight is 391 g/mol. The quantitative estimate of drug-likeness (QED) is 0.783. The van der Waals surface area contributed by atoms with E-state index in [-0.39, 0.29) is 18.0 Å². The average Bonchev–Trinajstić information content (AvgIpc) is 3.01. The highest BCUT2D eigenvalue weighted by atomic mass is 35.5. The molecule has 2 aliphatic rings. The van der Waals surface area contributed by atoms with E-state index in [0.29, 0.717) is 12.3 Å². The van der Waals surface area contributed by atoms with E-state index in [1.165, 1.54) is 27.8 Å². The van der Waals surface area contributed by atoms with Gasteiger partial charge in [0.2, 0.25) is 0 Å². The van der Waals surface area contributed by atoms with Crippen molar-refractivity contribution in [2.24, 2.45) is 0 Å². The predicted molar refractivity (Wildman–Crippen MR) is 93.2 cm³/mol. The second kappa shape index (κ2) is 6.87. The van der Waals surface area contributed by atoms with E-state index < -0.39 is 11.9 Å². The number of piperidine rings is 1. The molecular weight excluding hydrogens is 373 g/mol. The van der Waals surface area contributed by atoms with Gasteiger partial charge in [-0.25, -0.2) is 4.98 Å². The summed E-state index contributed by atoms with van der Waals surface area (Å²) >= 11 is 1.53. The van der Waals surface area contributed by atoms with Gasteiger partial charge in [-0.05, 0) is 56.1 Å². The number of nitrogens with one attached hydrogen (secondary N) is 1. The molecule has 25 heavy (non-hydrogen) atoms. The third-order valence-electron chi connectivity index (χ3n) is 4.68. The van der Waals surface area contributed by atoms with Crippen molar-refractivity contribution in [2.75, 3.05) is 19.7 Å². The molecule has 1 N–H and O–H groups in total. The minimum absolute atomic E-state index is 0. The van der Waals surface area contributed by atoms with Crippen LogP contribution < -0.4 is 5.32 Å². The first-order chi connectivity index (χ1) is 11.5. The number of thiophene rings is 1. The molecule has 8 heteroatoms. The number of aromatic nitrogens is 1. The SMILES string of the molecule is Cl.FC(F)(F)c1cccc(-c2cc3c(s2)C2(CCNCC2)OCC3)n1. The molecule has 0 atom stereocenters. The van der Waals surface area contributed by atoms with Gasteiger partial charge in [0.1, 0.15) is 11.3 Å².